The minimum absolute atomic E-state index is 0.0544. The van der Waals surface area contributed by atoms with Crippen LogP contribution >= 0.6 is 11.6 Å². The van der Waals surface area contributed by atoms with Crippen molar-refractivity contribution in [2.75, 3.05) is 0 Å². The van der Waals surface area contributed by atoms with Crippen molar-refractivity contribution in [3.63, 3.8) is 0 Å². The molecule has 14 heavy (non-hydrogen) atoms. The van der Waals surface area contributed by atoms with E-state index in [1.165, 1.54) is 0 Å². The highest BCUT2D eigenvalue weighted by atomic mass is 35.5. The molecule has 76 valence electrons. The number of carbonyl (C=O) groups is 1. The van der Waals surface area contributed by atoms with E-state index in [1.807, 2.05) is 0 Å². The second-order valence-electron chi connectivity index (χ2n) is 3.30. The summed E-state index contributed by atoms with van der Waals surface area (Å²) in [6.45, 7) is 5.23. The van der Waals surface area contributed by atoms with Crippen LogP contribution in [0.15, 0.2) is 6.07 Å². The zero-order valence-electron chi connectivity index (χ0n) is 8.52. The Hall–Kier alpha value is -1.02. The third-order valence-electron chi connectivity index (χ3n) is 2.29. The normalized spacial score (nSPS) is 10.3. The first-order valence-corrected chi connectivity index (χ1v) is 4.88. The number of phenols is 1. The molecule has 0 saturated heterocycles. The molecule has 2 nitrogen and oxygen atoms in total. The summed E-state index contributed by atoms with van der Waals surface area (Å²) in [6, 6.07) is 1.67. The number of hydrogen-bond acceptors (Lipinski definition) is 2. The summed E-state index contributed by atoms with van der Waals surface area (Å²) in [5.74, 6) is -0.0237. The summed E-state index contributed by atoms with van der Waals surface area (Å²) in [5, 5.41) is 10.2. The number of phenolic OH excluding ortho intramolecular Hbond substituents is 1. The fourth-order valence-electron chi connectivity index (χ4n) is 1.38. The SMILES string of the molecule is CCC(=O)c1c(C)c(Cl)cc(C)c1O. The predicted molar refractivity (Wildman–Crippen MR) is 57.2 cm³/mol. The van der Waals surface area contributed by atoms with Crippen molar-refractivity contribution in [3.05, 3.63) is 27.8 Å². The van der Waals surface area contributed by atoms with Gasteiger partial charge in [-0.2, -0.15) is 0 Å². The maximum Gasteiger partial charge on any atom is 0.166 e. The molecular weight excluding hydrogens is 200 g/mol. The lowest BCUT2D eigenvalue weighted by Gasteiger charge is -2.10. The molecule has 1 N–H and O–H groups in total. The average Bonchev–Trinajstić information content (AvgIpc) is 2.15. The van der Waals surface area contributed by atoms with Gasteiger partial charge in [0.2, 0.25) is 0 Å². The maximum absolute atomic E-state index is 11.5. The monoisotopic (exact) mass is 212 g/mol. The van der Waals surface area contributed by atoms with E-state index in [0.717, 1.165) is 0 Å². The van der Waals surface area contributed by atoms with Gasteiger partial charge in [-0.05, 0) is 31.0 Å². The van der Waals surface area contributed by atoms with E-state index in [4.69, 9.17) is 11.6 Å². The first-order valence-electron chi connectivity index (χ1n) is 4.50. The number of ketones is 1. The summed E-state index contributed by atoms with van der Waals surface area (Å²) in [4.78, 5) is 11.5. The van der Waals surface area contributed by atoms with Crippen LogP contribution in [-0.2, 0) is 0 Å². The predicted octanol–water partition coefficient (Wildman–Crippen LogP) is 3.26. The molecule has 1 aromatic carbocycles. The first kappa shape index (κ1) is 11.1. The van der Waals surface area contributed by atoms with Gasteiger partial charge in [-0.25, -0.2) is 0 Å². The molecule has 0 amide bonds. The molecule has 0 unspecified atom stereocenters. The summed E-state index contributed by atoms with van der Waals surface area (Å²) in [7, 11) is 0. The highest BCUT2D eigenvalue weighted by Gasteiger charge is 2.16. The Labute approximate surface area is 88.5 Å². The Balaban J connectivity index is 3.47. The van der Waals surface area contributed by atoms with Gasteiger partial charge in [-0.1, -0.05) is 18.5 Å². The molecule has 1 rings (SSSR count). The number of aromatic hydroxyl groups is 1. The van der Waals surface area contributed by atoms with Gasteiger partial charge in [0.25, 0.3) is 0 Å². The van der Waals surface area contributed by atoms with Crippen LogP contribution in [0.25, 0.3) is 0 Å². The van der Waals surface area contributed by atoms with Gasteiger partial charge in [0, 0.05) is 11.4 Å². The van der Waals surface area contributed by atoms with E-state index in [0.29, 0.717) is 28.1 Å². The molecule has 0 bridgehead atoms. The average molecular weight is 213 g/mol. The molecule has 0 aliphatic heterocycles. The molecule has 0 aromatic heterocycles. The van der Waals surface area contributed by atoms with Crippen LogP contribution in [0.1, 0.15) is 34.8 Å². The Morgan fingerprint density at radius 1 is 1.50 bits per heavy atom. The van der Waals surface area contributed by atoms with Gasteiger partial charge < -0.3 is 5.11 Å². The Morgan fingerprint density at radius 2 is 2.07 bits per heavy atom. The molecule has 1 aromatic rings. The molecular formula is C11H13ClO2. The lowest BCUT2D eigenvalue weighted by atomic mass is 9.99. The van der Waals surface area contributed by atoms with E-state index >= 15 is 0 Å². The summed E-state index contributed by atoms with van der Waals surface area (Å²) < 4.78 is 0. The molecule has 0 heterocycles. The minimum Gasteiger partial charge on any atom is -0.507 e. The van der Waals surface area contributed by atoms with Crippen LogP contribution in [-0.4, -0.2) is 10.9 Å². The topological polar surface area (TPSA) is 37.3 Å². The van der Waals surface area contributed by atoms with Crippen molar-refractivity contribution in [1.29, 1.82) is 0 Å². The van der Waals surface area contributed by atoms with E-state index in [2.05, 4.69) is 0 Å². The fraction of sp³-hybridized carbons (Fsp3) is 0.364. The van der Waals surface area contributed by atoms with Gasteiger partial charge in [0.15, 0.2) is 5.78 Å². The number of aryl methyl sites for hydroxylation is 1. The van der Waals surface area contributed by atoms with Gasteiger partial charge >= 0.3 is 0 Å². The maximum atomic E-state index is 11.5. The second-order valence-corrected chi connectivity index (χ2v) is 3.71. The number of rotatable bonds is 2. The number of benzene rings is 1. The molecule has 0 fully saturated rings. The highest BCUT2D eigenvalue weighted by molar-refractivity contribution is 6.32. The molecule has 0 atom stereocenters. The zero-order chi connectivity index (χ0) is 10.9. The van der Waals surface area contributed by atoms with Crippen molar-refractivity contribution in [3.8, 4) is 5.75 Å². The highest BCUT2D eigenvalue weighted by Crippen LogP contribution is 2.31. The minimum atomic E-state index is -0.0781. The van der Waals surface area contributed by atoms with Crippen LogP contribution in [0, 0.1) is 13.8 Å². The van der Waals surface area contributed by atoms with Crippen molar-refractivity contribution in [2.45, 2.75) is 27.2 Å². The van der Waals surface area contributed by atoms with E-state index in [-0.39, 0.29) is 11.5 Å². The summed E-state index contributed by atoms with van der Waals surface area (Å²) in [5.41, 5.74) is 1.65. The molecule has 0 radical (unpaired) electrons. The van der Waals surface area contributed by atoms with E-state index in [9.17, 15) is 9.90 Å². The van der Waals surface area contributed by atoms with Crippen LogP contribution in [0.2, 0.25) is 5.02 Å². The molecule has 0 aliphatic rings. The third kappa shape index (κ3) is 1.75. The molecule has 0 aliphatic carbocycles. The van der Waals surface area contributed by atoms with Crippen molar-refractivity contribution < 1.29 is 9.90 Å². The van der Waals surface area contributed by atoms with Gasteiger partial charge in [0.05, 0.1) is 5.56 Å². The number of halogens is 1. The number of carbonyl (C=O) groups excluding carboxylic acids is 1. The Kier molecular flexibility index (Phi) is 3.17. The van der Waals surface area contributed by atoms with Crippen molar-refractivity contribution >= 4 is 17.4 Å². The summed E-state index contributed by atoms with van der Waals surface area (Å²) >= 11 is 5.93. The second kappa shape index (κ2) is 4.01. The van der Waals surface area contributed by atoms with Crippen LogP contribution in [0.5, 0.6) is 5.75 Å². The number of Topliss-reactive ketones (excluding diaryl/α,β-unsaturated/α-hetero) is 1. The molecule has 3 heteroatoms. The lowest BCUT2D eigenvalue weighted by molar-refractivity contribution is 0.0985. The Bertz CT molecular complexity index is 357. The first-order chi connectivity index (χ1) is 6.49. The smallest absolute Gasteiger partial charge is 0.166 e. The van der Waals surface area contributed by atoms with E-state index < -0.39 is 0 Å². The van der Waals surface area contributed by atoms with Crippen molar-refractivity contribution in [2.24, 2.45) is 0 Å². The quantitative estimate of drug-likeness (QED) is 0.765. The summed E-state index contributed by atoms with van der Waals surface area (Å²) in [6.07, 6.45) is 0.369. The number of hydrogen-bond donors (Lipinski definition) is 1. The standard InChI is InChI=1S/C11H13ClO2/c1-4-9(13)10-7(3)8(12)5-6(2)11(10)14/h5,14H,4H2,1-3H3. The van der Waals surface area contributed by atoms with Crippen LogP contribution in [0.3, 0.4) is 0 Å². The largest absolute Gasteiger partial charge is 0.507 e. The molecule has 0 saturated carbocycles. The van der Waals surface area contributed by atoms with E-state index in [1.54, 1.807) is 26.8 Å². The lowest BCUT2D eigenvalue weighted by Crippen LogP contribution is -2.02. The Morgan fingerprint density at radius 3 is 2.57 bits per heavy atom. The van der Waals surface area contributed by atoms with Gasteiger partial charge in [-0.3, -0.25) is 4.79 Å². The fourth-order valence-corrected chi connectivity index (χ4v) is 1.64. The van der Waals surface area contributed by atoms with Crippen LogP contribution in [0.4, 0.5) is 0 Å². The zero-order valence-corrected chi connectivity index (χ0v) is 9.27. The van der Waals surface area contributed by atoms with Gasteiger partial charge in [-0.15, -0.1) is 0 Å². The van der Waals surface area contributed by atoms with Gasteiger partial charge in [0.1, 0.15) is 5.75 Å². The molecule has 0 spiro atoms. The van der Waals surface area contributed by atoms with Crippen molar-refractivity contribution in [1.82, 2.24) is 0 Å². The van der Waals surface area contributed by atoms with Crippen LogP contribution < -0.4 is 0 Å². The third-order valence-corrected chi connectivity index (χ3v) is 2.68.